The molecule has 2 aromatic carbocycles. The topological polar surface area (TPSA) is 58.6 Å². The maximum atomic E-state index is 11.9. The number of aliphatic hydroxyl groups excluding tert-OH is 1. The minimum atomic E-state index is -0.483. The molecule has 1 unspecified atom stereocenters. The highest BCUT2D eigenvalue weighted by atomic mass is 16.5. The van der Waals surface area contributed by atoms with E-state index < -0.39 is 6.09 Å². The quantitative estimate of drug-likeness (QED) is 0.860. The van der Waals surface area contributed by atoms with Crippen molar-refractivity contribution in [2.75, 3.05) is 6.61 Å². The monoisotopic (exact) mass is 299 g/mol. The maximum absolute atomic E-state index is 11.9. The zero-order valence-electron chi connectivity index (χ0n) is 12.7. The first-order chi connectivity index (χ1) is 10.7. The van der Waals surface area contributed by atoms with Crippen LogP contribution in [0, 0.1) is 6.92 Å². The Bertz CT molecular complexity index is 598. The fraction of sp³-hybridized carbons (Fsp3) is 0.278. The first-order valence-electron chi connectivity index (χ1n) is 7.33. The number of rotatable bonds is 6. The van der Waals surface area contributed by atoms with Crippen LogP contribution >= 0.6 is 0 Å². The van der Waals surface area contributed by atoms with Gasteiger partial charge in [-0.15, -0.1) is 0 Å². The standard InChI is InChI=1S/C18H21NO3/c1-14-6-5-9-16(12-14)17(10-11-20)19-18(21)22-13-15-7-3-2-4-8-15/h2-9,12,17,20H,10-11,13H2,1H3,(H,19,21). The van der Waals surface area contributed by atoms with Gasteiger partial charge in [-0.2, -0.15) is 0 Å². The first kappa shape index (κ1) is 16.0. The first-order valence-corrected chi connectivity index (χ1v) is 7.33. The number of carbonyl (C=O) groups excluding carboxylic acids is 1. The van der Waals surface area contributed by atoms with Crippen LogP contribution < -0.4 is 5.32 Å². The summed E-state index contributed by atoms with van der Waals surface area (Å²) in [6.45, 7) is 2.22. The van der Waals surface area contributed by atoms with Crippen LogP contribution in [0.3, 0.4) is 0 Å². The van der Waals surface area contributed by atoms with Crippen LogP contribution in [-0.4, -0.2) is 17.8 Å². The number of aryl methyl sites for hydroxylation is 1. The Morgan fingerprint density at radius 1 is 1.18 bits per heavy atom. The zero-order valence-corrected chi connectivity index (χ0v) is 12.7. The zero-order chi connectivity index (χ0) is 15.8. The van der Waals surface area contributed by atoms with Crippen molar-refractivity contribution in [3.63, 3.8) is 0 Å². The summed E-state index contributed by atoms with van der Waals surface area (Å²) in [4.78, 5) is 11.9. The van der Waals surface area contributed by atoms with E-state index in [1.54, 1.807) is 0 Å². The van der Waals surface area contributed by atoms with Gasteiger partial charge in [-0.25, -0.2) is 4.79 Å². The van der Waals surface area contributed by atoms with Crippen molar-refractivity contribution in [1.82, 2.24) is 5.32 Å². The molecular weight excluding hydrogens is 278 g/mol. The van der Waals surface area contributed by atoms with Crippen molar-refractivity contribution < 1.29 is 14.6 Å². The molecule has 0 radical (unpaired) electrons. The van der Waals surface area contributed by atoms with Gasteiger partial charge in [0.05, 0.1) is 6.04 Å². The molecule has 0 aliphatic carbocycles. The third kappa shape index (κ3) is 4.90. The Balaban J connectivity index is 1.94. The van der Waals surface area contributed by atoms with Crippen LogP contribution in [0.25, 0.3) is 0 Å². The van der Waals surface area contributed by atoms with Crippen LogP contribution in [0.2, 0.25) is 0 Å². The molecule has 0 bridgehead atoms. The number of alkyl carbamates (subject to hydrolysis) is 1. The lowest BCUT2D eigenvalue weighted by Crippen LogP contribution is -2.29. The Morgan fingerprint density at radius 3 is 2.64 bits per heavy atom. The molecule has 1 atom stereocenters. The number of amides is 1. The van der Waals surface area contributed by atoms with Crippen molar-refractivity contribution in [1.29, 1.82) is 0 Å². The van der Waals surface area contributed by atoms with Gasteiger partial charge in [-0.05, 0) is 24.5 Å². The molecule has 0 aromatic heterocycles. The van der Waals surface area contributed by atoms with Crippen LogP contribution in [0.15, 0.2) is 54.6 Å². The Kier molecular flexibility index (Phi) is 5.98. The van der Waals surface area contributed by atoms with E-state index in [0.29, 0.717) is 6.42 Å². The lowest BCUT2D eigenvalue weighted by atomic mass is 10.0. The van der Waals surface area contributed by atoms with Gasteiger partial charge in [-0.3, -0.25) is 0 Å². The molecule has 2 N–H and O–H groups in total. The molecule has 0 fully saturated rings. The van der Waals surface area contributed by atoms with E-state index in [2.05, 4.69) is 5.32 Å². The van der Waals surface area contributed by atoms with Crippen molar-refractivity contribution in [3.05, 3.63) is 71.3 Å². The van der Waals surface area contributed by atoms with Gasteiger partial charge in [0.1, 0.15) is 6.61 Å². The van der Waals surface area contributed by atoms with E-state index in [0.717, 1.165) is 16.7 Å². The molecule has 2 rings (SSSR count). The lowest BCUT2D eigenvalue weighted by Gasteiger charge is -2.18. The molecule has 2 aromatic rings. The average Bonchev–Trinajstić information content (AvgIpc) is 2.53. The number of benzene rings is 2. The van der Waals surface area contributed by atoms with E-state index in [9.17, 15) is 9.90 Å². The van der Waals surface area contributed by atoms with E-state index in [4.69, 9.17) is 4.74 Å². The van der Waals surface area contributed by atoms with E-state index in [-0.39, 0.29) is 19.3 Å². The predicted molar refractivity (Wildman–Crippen MR) is 85.4 cm³/mol. The summed E-state index contributed by atoms with van der Waals surface area (Å²) < 4.78 is 5.22. The van der Waals surface area contributed by atoms with Crippen molar-refractivity contribution in [2.45, 2.75) is 26.0 Å². The molecule has 22 heavy (non-hydrogen) atoms. The van der Waals surface area contributed by atoms with Gasteiger partial charge >= 0.3 is 6.09 Å². The second kappa shape index (κ2) is 8.20. The van der Waals surface area contributed by atoms with Gasteiger partial charge in [0.25, 0.3) is 0 Å². The molecule has 116 valence electrons. The Morgan fingerprint density at radius 2 is 1.95 bits per heavy atom. The number of ether oxygens (including phenoxy) is 1. The minimum Gasteiger partial charge on any atom is -0.445 e. The summed E-state index contributed by atoms with van der Waals surface area (Å²) in [6, 6.07) is 17.1. The highest BCUT2D eigenvalue weighted by Gasteiger charge is 2.15. The number of hydrogen-bond donors (Lipinski definition) is 2. The molecule has 0 saturated heterocycles. The third-order valence-electron chi connectivity index (χ3n) is 3.37. The van der Waals surface area contributed by atoms with Gasteiger partial charge in [0, 0.05) is 6.61 Å². The number of hydrogen-bond acceptors (Lipinski definition) is 3. The van der Waals surface area contributed by atoms with Crippen molar-refractivity contribution in [2.24, 2.45) is 0 Å². The second-order valence-electron chi connectivity index (χ2n) is 5.19. The number of carbonyl (C=O) groups is 1. The summed E-state index contributed by atoms with van der Waals surface area (Å²) in [5.74, 6) is 0. The molecule has 0 spiro atoms. The van der Waals surface area contributed by atoms with Crippen LogP contribution in [-0.2, 0) is 11.3 Å². The summed E-state index contributed by atoms with van der Waals surface area (Å²) in [5.41, 5.74) is 3.01. The fourth-order valence-corrected chi connectivity index (χ4v) is 2.25. The van der Waals surface area contributed by atoms with Crippen LogP contribution in [0.1, 0.15) is 29.2 Å². The Hall–Kier alpha value is -2.33. The largest absolute Gasteiger partial charge is 0.445 e. The highest BCUT2D eigenvalue weighted by Crippen LogP contribution is 2.18. The highest BCUT2D eigenvalue weighted by molar-refractivity contribution is 5.68. The maximum Gasteiger partial charge on any atom is 0.407 e. The third-order valence-corrected chi connectivity index (χ3v) is 3.37. The summed E-state index contributed by atoms with van der Waals surface area (Å²) in [6.07, 6.45) is -0.0343. The molecule has 0 aliphatic heterocycles. The summed E-state index contributed by atoms with van der Waals surface area (Å²) in [5, 5.41) is 12.0. The van der Waals surface area contributed by atoms with Gasteiger partial charge in [0.2, 0.25) is 0 Å². The van der Waals surface area contributed by atoms with E-state index >= 15 is 0 Å². The average molecular weight is 299 g/mol. The lowest BCUT2D eigenvalue weighted by molar-refractivity contribution is 0.133. The molecular formula is C18H21NO3. The molecule has 0 heterocycles. The molecule has 4 nitrogen and oxygen atoms in total. The van der Waals surface area contributed by atoms with Gasteiger partial charge in [0.15, 0.2) is 0 Å². The second-order valence-corrected chi connectivity index (χ2v) is 5.19. The van der Waals surface area contributed by atoms with Gasteiger partial charge < -0.3 is 15.2 Å². The molecule has 0 aliphatic rings. The summed E-state index contributed by atoms with van der Waals surface area (Å²) in [7, 11) is 0. The number of aliphatic hydroxyl groups is 1. The minimum absolute atomic E-state index is 0.00241. The molecule has 1 amide bonds. The molecule has 0 saturated carbocycles. The van der Waals surface area contributed by atoms with E-state index in [1.807, 2.05) is 61.5 Å². The molecule has 4 heteroatoms. The fourth-order valence-electron chi connectivity index (χ4n) is 2.25. The normalized spacial score (nSPS) is 11.7. The van der Waals surface area contributed by atoms with Crippen molar-refractivity contribution in [3.8, 4) is 0 Å². The smallest absolute Gasteiger partial charge is 0.407 e. The number of nitrogens with one attached hydrogen (secondary N) is 1. The SMILES string of the molecule is Cc1cccc(C(CCO)NC(=O)OCc2ccccc2)c1. The summed E-state index contributed by atoms with van der Waals surface area (Å²) >= 11 is 0. The Labute approximate surface area is 130 Å². The van der Waals surface area contributed by atoms with Crippen LogP contribution in [0.5, 0.6) is 0 Å². The van der Waals surface area contributed by atoms with E-state index in [1.165, 1.54) is 0 Å². The van der Waals surface area contributed by atoms with Crippen molar-refractivity contribution >= 4 is 6.09 Å². The predicted octanol–water partition coefficient (Wildman–Crippen LogP) is 3.34. The van der Waals surface area contributed by atoms with Crippen LogP contribution in [0.4, 0.5) is 4.79 Å². The van der Waals surface area contributed by atoms with Gasteiger partial charge in [-0.1, -0.05) is 60.2 Å².